The molecule has 1 N–H and O–H groups in total. The third-order valence-corrected chi connectivity index (χ3v) is 4.52. The van der Waals surface area contributed by atoms with Crippen LogP contribution in [0.2, 0.25) is 0 Å². The fraction of sp³-hybridized carbons (Fsp3) is 0.692. The lowest BCUT2D eigenvalue weighted by Crippen LogP contribution is -2.53. The molecule has 0 bridgehead atoms. The van der Waals surface area contributed by atoms with Gasteiger partial charge in [0.25, 0.3) is 0 Å². The maximum atomic E-state index is 11.0. The van der Waals surface area contributed by atoms with Gasteiger partial charge in [-0.2, -0.15) is 0 Å². The summed E-state index contributed by atoms with van der Waals surface area (Å²) in [4.78, 5) is 20.7. The van der Waals surface area contributed by atoms with Crippen molar-refractivity contribution >= 4 is 22.4 Å². The monoisotopic (exact) mass is 283 g/mol. The van der Waals surface area contributed by atoms with E-state index in [1.54, 1.807) is 0 Å². The van der Waals surface area contributed by atoms with Crippen molar-refractivity contribution in [2.75, 3.05) is 31.1 Å². The van der Waals surface area contributed by atoms with Gasteiger partial charge in [-0.25, -0.2) is 9.78 Å². The standard InChI is InChI=1S/C13H21N3O2S/c1-9-10(11(17)18)14-12(19-9)15-5-7-16(8-6-15)13(2,3)4/h5-8H2,1-4H3,(H,17,18). The molecule has 0 amide bonds. The van der Waals surface area contributed by atoms with Gasteiger partial charge < -0.3 is 10.0 Å². The van der Waals surface area contributed by atoms with Gasteiger partial charge in [0.2, 0.25) is 0 Å². The summed E-state index contributed by atoms with van der Waals surface area (Å²) in [6.07, 6.45) is 0. The van der Waals surface area contributed by atoms with Crippen molar-refractivity contribution < 1.29 is 9.90 Å². The molecule has 1 saturated heterocycles. The molecule has 1 aromatic rings. The number of carboxylic acids is 1. The Hall–Kier alpha value is -1.14. The van der Waals surface area contributed by atoms with E-state index in [0.29, 0.717) is 0 Å². The maximum Gasteiger partial charge on any atom is 0.355 e. The van der Waals surface area contributed by atoms with Gasteiger partial charge in [-0.3, -0.25) is 4.90 Å². The summed E-state index contributed by atoms with van der Waals surface area (Å²) in [5, 5.41) is 9.88. The summed E-state index contributed by atoms with van der Waals surface area (Å²) >= 11 is 1.47. The Morgan fingerprint density at radius 2 is 1.84 bits per heavy atom. The van der Waals surface area contributed by atoms with Crippen LogP contribution >= 0.6 is 11.3 Å². The van der Waals surface area contributed by atoms with Crippen LogP contribution in [0.4, 0.5) is 5.13 Å². The minimum absolute atomic E-state index is 0.192. The number of hydrogen-bond acceptors (Lipinski definition) is 5. The number of anilines is 1. The number of carbonyl (C=O) groups is 1. The van der Waals surface area contributed by atoms with Crippen molar-refractivity contribution in [1.29, 1.82) is 0 Å². The van der Waals surface area contributed by atoms with Gasteiger partial charge in [-0.15, -0.1) is 11.3 Å². The van der Waals surface area contributed by atoms with Crippen molar-refractivity contribution in [1.82, 2.24) is 9.88 Å². The van der Waals surface area contributed by atoms with Gasteiger partial charge in [0.05, 0.1) is 0 Å². The molecule has 0 unspecified atom stereocenters. The molecule has 1 aliphatic rings. The Morgan fingerprint density at radius 1 is 1.26 bits per heavy atom. The molecule has 0 radical (unpaired) electrons. The highest BCUT2D eigenvalue weighted by atomic mass is 32.1. The lowest BCUT2D eigenvalue weighted by atomic mass is 10.1. The number of rotatable bonds is 2. The van der Waals surface area contributed by atoms with Gasteiger partial charge in [0.1, 0.15) is 0 Å². The average Bonchev–Trinajstić information content (AvgIpc) is 2.70. The maximum absolute atomic E-state index is 11.0. The predicted octanol–water partition coefficient (Wildman–Crippen LogP) is 2.07. The fourth-order valence-corrected chi connectivity index (χ4v) is 3.24. The molecule has 106 valence electrons. The number of aromatic carboxylic acids is 1. The molecule has 2 heterocycles. The fourth-order valence-electron chi connectivity index (χ4n) is 2.28. The smallest absolute Gasteiger partial charge is 0.355 e. The summed E-state index contributed by atoms with van der Waals surface area (Å²) in [5.74, 6) is -0.937. The molecule has 1 aliphatic heterocycles. The van der Waals surface area contributed by atoms with Gasteiger partial charge in [-0.05, 0) is 27.7 Å². The molecule has 6 heteroatoms. The molecule has 1 aromatic heterocycles. The third kappa shape index (κ3) is 3.06. The zero-order chi connectivity index (χ0) is 14.2. The second-order valence-corrected chi connectivity index (χ2v) is 7.03. The average molecular weight is 283 g/mol. The van der Waals surface area contributed by atoms with Crippen LogP contribution in [-0.4, -0.2) is 52.7 Å². The summed E-state index contributed by atoms with van der Waals surface area (Å²) in [5.41, 5.74) is 0.384. The number of hydrogen-bond donors (Lipinski definition) is 1. The normalized spacial score (nSPS) is 17.8. The second kappa shape index (κ2) is 5.09. The zero-order valence-electron chi connectivity index (χ0n) is 11.9. The number of nitrogens with zero attached hydrogens (tertiary/aromatic N) is 3. The number of aromatic nitrogens is 1. The van der Waals surface area contributed by atoms with E-state index in [1.807, 2.05) is 6.92 Å². The van der Waals surface area contributed by atoms with Gasteiger partial charge in [0, 0.05) is 36.6 Å². The highest BCUT2D eigenvalue weighted by Gasteiger charge is 2.27. The minimum atomic E-state index is -0.937. The van der Waals surface area contributed by atoms with E-state index in [2.05, 4.69) is 35.6 Å². The predicted molar refractivity (Wildman–Crippen MR) is 77.3 cm³/mol. The molecule has 0 spiro atoms. The van der Waals surface area contributed by atoms with Crippen LogP contribution in [-0.2, 0) is 0 Å². The first kappa shape index (κ1) is 14.3. The van der Waals surface area contributed by atoms with Crippen molar-refractivity contribution in [2.24, 2.45) is 0 Å². The van der Waals surface area contributed by atoms with Gasteiger partial charge in [0.15, 0.2) is 10.8 Å². The number of thiazole rings is 1. The first-order valence-electron chi connectivity index (χ1n) is 6.50. The summed E-state index contributed by atoms with van der Waals surface area (Å²) in [6, 6.07) is 0. The largest absolute Gasteiger partial charge is 0.476 e. The molecule has 19 heavy (non-hydrogen) atoms. The number of carboxylic acid groups (broad SMARTS) is 1. The zero-order valence-corrected chi connectivity index (χ0v) is 12.8. The van der Waals surface area contributed by atoms with E-state index in [9.17, 15) is 4.79 Å². The molecule has 1 fully saturated rings. The van der Waals surface area contributed by atoms with Crippen molar-refractivity contribution in [2.45, 2.75) is 33.2 Å². The van der Waals surface area contributed by atoms with Crippen LogP contribution < -0.4 is 4.90 Å². The molecular weight excluding hydrogens is 262 g/mol. The van der Waals surface area contributed by atoms with Crippen LogP contribution in [0.5, 0.6) is 0 Å². The summed E-state index contributed by atoms with van der Waals surface area (Å²) in [7, 11) is 0. The molecule has 2 rings (SSSR count). The van der Waals surface area contributed by atoms with Crippen molar-refractivity contribution in [3.05, 3.63) is 10.6 Å². The first-order valence-corrected chi connectivity index (χ1v) is 7.31. The van der Waals surface area contributed by atoms with E-state index in [1.165, 1.54) is 11.3 Å². The molecule has 0 aliphatic carbocycles. The van der Waals surface area contributed by atoms with E-state index in [4.69, 9.17) is 5.11 Å². The molecule has 0 saturated carbocycles. The van der Waals surface area contributed by atoms with Crippen LogP contribution in [0.15, 0.2) is 0 Å². The third-order valence-electron chi connectivity index (χ3n) is 3.49. The summed E-state index contributed by atoms with van der Waals surface area (Å²) < 4.78 is 0. The van der Waals surface area contributed by atoms with E-state index >= 15 is 0 Å². The molecule has 0 atom stereocenters. The van der Waals surface area contributed by atoms with Crippen LogP contribution in [0, 0.1) is 6.92 Å². The van der Waals surface area contributed by atoms with Crippen LogP contribution in [0.3, 0.4) is 0 Å². The van der Waals surface area contributed by atoms with Gasteiger partial charge in [-0.1, -0.05) is 0 Å². The molecular formula is C13H21N3O2S. The lowest BCUT2D eigenvalue weighted by Gasteiger charge is -2.42. The van der Waals surface area contributed by atoms with E-state index in [-0.39, 0.29) is 11.2 Å². The quantitative estimate of drug-likeness (QED) is 0.900. The second-order valence-electron chi connectivity index (χ2n) is 5.85. The van der Waals surface area contributed by atoms with Crippen molar-refractivity contribution in [3.63, 3.8) is 0 Å². The Morgan fingerprint density at radius 3 is 2.26 bits per heavy atom. The Labute approximate surface area is 117 Å². The minimum Gasteiger partial charge on any atom is -0.476 e. The SMILES string of the molecule is Cc1sc(N2CCN(C(C)(C)C)CC2)nc1C(=O)O. The number of aryl methyl sites for hydroxylation is 1. The topological polar surface area (TPSA) is 56.7 Å². The summed E-state index contributed by atoms with van der Waals surface area (Å²) in [6.45, 7) is 12.3. The Bertz CT molecular complexity index is 471. The lowest BCUT2D eigenvalue weighted by molar-refractivity contribution is 0.0690. The van der Waals surface area contributed by atoms with Gasteiger partial charge >= 0.3 is 5.97 Å². The van der Waals surface area contributed by atoms with Crippen molar-refractivity contribution in [3.8, 4) is 0 Å². The first-order chi connectivity index (χ1) is 8.79. The van der Waals surface area contributed by atoms with E-state index < -0.39 is 5.97 Å². The highest BCUT2D eigenvalue weighted by molar-refractivity contribution is 7.15. The highest BCUT2D eigenvalue weighted by Crippen LogP contribution is 2.27. The van der Waals surface area contributed by atoms with Crippen LogP contribution in [0.25, 0.3) is 0 Å². The number of piperazine rings is 1. The Kier molecular flexibility index (Phi) is 3.82. The molecule has 5 nitrogen and oxygen atoms in total. The molecule has 0 aromatic carbocycles. The van der Waals surface area contributed by atoms with E-state index in [0.717, 1.165) is 36.2 Å². The van der Waals surface area contributed by atoms with Crippen LogP contribution in [0.1, 0.15) is 36.1 Å². The Balaban J connectivity index is 2.06.